The van der Waals surface area contributed by atoms with E-state index in [2.05, 4.69) is 19.1 Å². The third-order valence-electron chi connectivity index (χ3n) is 5.09. The van der Waals surface area contributed by atoms with Crippen molar-refractivity contribution in [2.75, 3.05) is 0 Å². The van der Waals surface area contributed by atoms with Gasteiger partial charge in [0.1, 0.15) is 0 Å². The maximum absolute atomic E-state index is 9.94. The molecule has 0 heterocycles. The van der Waals surface area contributed by atoms with Crippen LogP contribution in [0.25, 0.3) is 0 Å². The van der Waals surface area contributed by atoms with Crippen molar-refractivity contribution in [3.8, 4) is 0 Å². The summed E-state index contributed by atoms with van der Waals surface area (Å²) in [6.07, 6.45) is 11.8. The molecule has 1 N–H and O–H groups in total. The Morgan fingerprint density at radius 2 is 2.00 bits per heavy atom. The third-order valence-corrected chi connectivity index (χ3v) is 5.09. The molecule has 0 amide bonds. The van der Waals surface area contributed by atoms with Crippen molar-refractivity contribution in [3.05, 3.63) is 34.9 Å². The molecule has 0 aliphatic heterocycles. The van der Waals surface area contributed by atoms with Gasteiger partial charge in [-0.2, -0.15) is 0 Å². The lowest BCUT2D eigenvalue weighted by atomic mass is 9.82. The molecule has 1 heteroatoms. The van der Waals surface area contributed by atoms with E-state index < -0.39 is 0 Å². The van der Waals surface area contributed by atoms with E-state index in [0.29, 0.717) is 0 Å². The zero-order valence-corrected chi connectivity index (χ0v) is 10.8. The number of aliphatic hydroxyl groups excluding tert-OH is 1. The molecule has 0 spiro atoms. The highest BCUT2D eigenvalue weighted by molar-refractivity contribution is 5.40. The van der Waals surface area contributed by atoms with E-state index in [0.717, 1.165) is 23.3 Å². The summed E-state index contributed by atoms with van der Waals surface area (Å²) >= 11 is 0. The van der Waals surface area contributed by atoms with Crippen LogP contribution in [0.1, 0.15) is 39.5 Å². The first-order chi connectivity index (χ1) is 8.15. The molecular weight excluding hydrogens is 208 g/mol. The van der Waals surface area contributed by atoms with Crippen molar-refractivity contribution in [1.29, 1.82) is 0 Å². The van der Waals surface area contributed by atoms with Crippen LogP contribution >= 0.6 is 0 Å². The van der Waals surface area contributed by atoms with Crippen molar-refractivity contribution in [3.63, 3.8) is 0 Å². The highest BCUT2D eigenvalue weighted by Gasteiger charge is 2.40. The summed E-state index contributed by atoms with van der Waals surface area (Å²) in [4.78, 5) is 0. The third kappa shape index (κ3) is 1.91. The molecule has 0 aromatic carbocycles. The van der Waals surface area contributed by atoms with Gasteiger partial charge in [0.2, 0.25) is 0 Å². The van der Waals surface area contributed by atoms with Crippen LogP contribution in [0.15, 0.2) is 34.9 Å². The van der Waals surface area contributed by atoms with Gasteiger partial charge in [0.25, 0.3) is 0 Å². The molecule has 3 unspecified atom stereocenters. The summed E-state index contributed by atoms with van der Waals surface area (Å²) in [5.41, 5.74) is 3.81. The Kier molecular flexibility index (Phi) is 2.74. The second-order valence-corrected chi connectivity index (χ2v) is 6.10. The monoisotopic (exact) mass is 230 g/mol. The largest absolute Gasteiger partial charge is 0.385 e. The molecule has 0 saturated heterocycles. The molecule has 17 heavy (non-hydrogen) atoms. The minimum atomic E-state index is -0.387. The SMILES string of the molecule is CC1=C(C)C(O)C=CC([C@@H]2CC3CCC2C3)=C1. The van der Waals surface area contributed by atoms with E-state index in [4.69, 9.17) is 0 Å². The van der Waals surface area contributed by atoms with Gasteiger partial charge < -0.3 is 5.11 Å². The Labute approximate surface area is 104 Å². The minimum Gasteiger partial charge on any atom is -0.385 e. The molecule has 0 radical (unpaired) electrons. The van der Waals surface area contributed by atoms with E-state index in [1.807, 2.05) is 13.0 Å². The van der Waals surface area contributed by atoms with Crippen molar-refractivity contribution >= 4 is 0 Å². The van der Waals surface area contributed by atoms with Gasteiger partial charge in [0, 0.05) is 0 Å². The standard InChI is InChI=1S/C16H22O/c1-10-7-13(5-6-16(17)11(10)2)15-9-12-3-4-14(15)8-12/h5-7,12,14-17H,3-4,8-9H2,1-2H3/t12?,14?,15-,16?/m0/s1. The normalized spacial score (nSPS) is 40.8. The van der Waals surface area contributed by atoms with Crippen molar-refractivity contribution < 1.29 is 5.11 Å². The molecular formula is C16H22O. The molecule has 3 aliphatic carbocycles. The van der Waals surface area contributed by atoms with Crippen LogP contribution in [0, 0.1) is 17.8 Å². The van der Waals surface area contributed by atoms with Gasteiger partial charge in [-0.15, -0.1) is 0 Å². The van der Waals surface area contributed by atoms with Crippen LogP contribution in [-0.4, -0.2) is 11.2 Å². The Morgan fingerprint density at radius 1 is 1.18 bits per heavy atom. The first-order valence-electron chi connectivity index (χ1n) is 6.90. The van der Waals surface area contributed by atoms with Gasteiger partial charge in [0.15, 0.2) is 0 Å². The summed E-state index contributed by atoms with van der Waals surface area (Å²) in [5.74, 6) is 2.66. The molecule has 0 aromatic heterocycles. The van der Waals surface area contributed by atoms with E-state index in [9.17, 15) is 5.11 Å². The molecule has 3 aliphatic rings. The summed E-state index contributed by atoms with van der Waals surface area (Å²) in [6, 6.07) is 0. The topological polar surface area (TPSA) is 20.2 Å². The molecule has 3 rings (SSSR count). The van der Waals surface area contributed by atoms with Crippen LogP contribution in [0.2, 0.25) is 0 Å². The molecule has 1 nitrogen and oxygen atoms in total. The smallest absolute Gasteiger partial charge is 0.0937 e. The molecule has 2 bridgehead atoms. The number of fused-ring (bicyclic) bond motifs is 2. The molecule has 4 atom stereocenters. The number of aliphatic hydroxyl groups is 1. The fourth-order valence-electron chi connectivity index (χ4n) is 3.88. The predicted octanol–water partition coefficient (Wildman–Crippen LogP) is 3.62. The number of rotatable bonds is 1. The molecule has 2 saturated carbocycles. The first kappa shape index (κ1) is 11.3. The second kappa shape index (κ2) is 4.13. The summed E-state index contributed by atoms with van der Waals surface area (Å²) in [6.45, 7) is 4.16. The maximum Gasteiger partial charge on any atom is 0.0937 e. The van der Waals surface area contributed by atoms with Crippen LogP contribution in [0.5, 0.6) is 0 Å². The summed E-state index contributed by atoms with van der Waals surface area (Å²) in [5, 5.41) is 9.94. The van der Waals surface area contributed by atoms with Crippen molar-refractivity contribution in [2.45, 2.75) is 45.6 Å². The lowest BCUT2D eigenvalue weighted by molar-refractivity contribution is 0.258. The first-order valence-corrected chi connectivity index (χ1v) is 6.90. The number of hydrogen-bond donors (Lipinski definition) is 1. The van der Waals surface area contributed by atoms with E-state index in [-0.39, 0.29) is 6.10 Å². The van der Waals surface area contributed by atoms with E-state index in [1.54, 1.807) is 0 Å². The van der Waals surface area contributed by atoms with E-state index in [1.165, 1.54) is 36.8 Å². The van der Waals surface area contributed by atoms with Gasteiger partial charge in [-0.25, -0.2) is 0 Å². The summed E-state index contributed by atoms with van der Waals surface area (Å²) in [7, 11) is 0. The van der Waals surface area contributed by atoms with Gasteiger partial charge in [-0.05, 0) is 67.6 Å². The van der Waals surface area contributed by atoms with Crippen molar-refractivity contribution in [1.82, 2.24) is 0 Å². The predicted molar refractivity (Wildman–Crippen MR) is 70.5 cm³/mol. The quantitative estimate of drug-likeness (QED) is 0.729. The minimum absolute atomic E-state index is 0.387. The Hall–Kier alpha value is -0.820. The van der Waals surface area contributed by atoms with Gasteiger partial charge in [-0.1, -0.05) is 24.6 Å². The number of allylic oxidation sites excluding steroid dienone is 4. The zero-order valence-electron chi connectivity index (χ0n) is 10.8. The zero-order chi connectivity index (χ0) is 12.0. The Morgan fingerprint density at radius 3 is 2.65 bits per heavy atom. The average molecular weight is 230 g/mol. The average Bonchev–Trinajstić information content (AvgIpc) is 2.91. The fourth-order valence-corrected chi connectivity index (χ4v) is 3.88. The van der Waals surface area contributed by atoms with Crippen LogP contribution in [-0.2, 0) is 0 Å². The molecule has 0 aromatic rings. The Bertz CT molecular complexity index is 413. The van der Waals surface area contributed by atoms with Crippen LogP contribution in [0.3, 0.4) is 0 Å². The lowest BCUT2D eigenvalue weighted by Gasteiger charge is -2.22. The summed E-state index contributed by atoms with van der Waals surface area (Å²) < 4.78 is 0. The highest BCUT2D eigenvalue weighted by Crippen LogP contribution is 2.51. The molecule has 2 fully saturated rings. The maximum atomic E-state index is 9.94. The fraction of sp³-hybridized carbons (Fsp3) is 0.625. The lowest BCUT2D eigenvalue weighted by Crippen LogP contribution is -2.12. The van der Waals surface area contributed by atoms with E-state index >= 15 is 0 Å². The van der Waals surface area contributed by atoms with Gasteiger partial charge >= 0.3 is 0 Å². The molecule has 92 valence electrons. The van der Waals surface area contributed by atoms with Gasteiger partial charge in [0.05, 0.1) is 6.10 Å². The Balaban J connectivity index is 1.89. The highest BCUT2D eigenvalue weighted by atomic mass is 16.3. The second-order valence-electron chi connectivity index (χ2n) is 6.10. The van der Waals surface area contributed by atoms with Gasteiger partial charge in [-0.3, -0.25) is 0 Å². The van der Waals surface area contributed by atoms with Crippen LogP contribution in [0.4, 0.5) is 0 Å². The van der Waals surface area contributed by atoms with Crippen LogP contribution < -0.4 is 0 Å². The number of hydrogen-bond acceptors (Lipinski definition) is 1. The van der Waals surface area contributed by atoms with Crippen molar-refractivity contribution in [2.24, 2.45) is 17.8 Å².